The predicted molar refractivity (Wildman–Crippen MR) is 162 cm³/mol. The second-order valence-electron chi connectivity index (χ2n) is 11.9. The number of anilines is 2. The lowest BCUT2D eigenvalue weighted by atomic mass is 9.73. The third-order valence-electron chi connectivity index (χ3n) is 7.95. The fourth-order valence-corrected chi connectivity index (χ4v) is 5.94. The first-order valence-electron chi connectivity index (χ1n) is 14.3. The van der Waals surface area contributed by atoms with Crippen LogP contribution >= 0.6 is 0 Å². The molecule has 1 aliphatic carbocycles. The normalized spacial score (nSPS) is 17.3. The number of aromatic nitrogens is 1. The van der Waals surface area contributed by atoms with Crippen molar-refractivity contribution in [2.75, 3.05) is 10.2 Å². The summed E-state index contributed by atoms with van der Waals surface area (Å²) in [5.74, 6) is -1.94. The number of ketones is 1. The molecular weight excluding hydrogens is 564 g/mol. The van der Waals surface area contributed by atoms with Gasteiger partial charge in [0.15, 0.2) is 5.78 Å². The highest BCUT2D eigenvalue weighted by molar-refractivity contribution is 6.11. The number of aryl methyl sites for hydroxylation is 1. The van der Waals surface area contributed by atoms with Crippen LogP contribution in [0.5, 0.6) is 11.5 Å². The molecule has 0 saturated heterocycles. The highest BCUT2D eigenvalue weighted by Crippen LogP contribution is 2.51. The zero-order chi connectivity index (χ0) is 31.2. The van der Waals surface area contributed by atoms with Crippen molar-refractivity contribution in [2.24, 2.45) is 5.41 Å². The Labute approximate surface area is 253 Å². The van der Waals surface area contributed by atoms with Gasteiger partial charge in [0, 0.05) is 40.6 Å². The van der Waals surface area contributed by atoms with Gasteiger partial charge in [-0.1, -0.05) is 44.2 Å². The lowest BCUT2D eigenvalue weighted by Gasteiger charge is -2.37. The van der Waals surface area contributed by atoms with Crippen molar-refractivity contribution >= 4 is 23.1 Å². The molecule has 1 amide bonds. The second kappa shape index (κ2) is 11.2. The highest BCUT2D eigenvalue weighted by Gasteiger charge is 2.45. The van der Waals surface area contributed by atoms with Crippen LogP contribution in [-0.2, 0) is 11.4 Å². The molecule has 1 atom stereocenters. The Balaban J connectivity index is 1.52. The Bertz CT molecular complexity index is 1830. The monoisotopic (exact) mass is 595 g/mol. The van der Waals surface area contributed by atoms with E-state index in [1.54, 1.807) is 55.5 Å². The van der Waals surface area contributed by atoms with E-state index in [2.05, 4.69) is 10.3 Å². The molecule has 0 spiro atoms. The number of phenols is 1. The fraction of sp³-hybridized carbons (Fsp3) is 0.229. The van der Waals surface area contributed by atoms with Crippen LogP contribution in [0.3, 0.4) is 0 Å². The van der Waals surface area contributed by atoms with Gasteiger partial charge in [-0.2, -0.15) is 0 Å². The van der Waals surface area contributed by atoms with Crippen molar-refractivity contribution in [3.8, 4) is 11.5 Å². The molecule has 2 aliphatic rings. The number of carbonyl (C=O) groups is 2. The number of nitrogens with zero attached hydrogens (tertiary/aromatic N) is 2. The van der Waals surface area contributed by atoms with Gasteiger partial charge in [0.2, 0.25) is 0 Å². The van der Waals surface area contributed by atoms with Gasteiger partial charge >= 0.3 is 0 Å². The molecule has 1 aromatic heterocycles. The van der Waals surface area contributed by atoms with Crippen molar-refractivity contribution in [2.45, 2.75) is 46.3 Å². The number of halogens is 2. The largest absolute Gasteiger partial charge is 0.506 e. The minimum atomic E-state index is -1.19. The number of hydrogen-bond donors (Lipinski definition) is 2. The maximum Gasteiger partial charge on any atom is 0.277 e. The molecule has 6 rings (SSSR count). The van der Waals surface area contributed by atoms with Crippen molar-refractivity contribution in [3.63, 3.8) is 0 Å². The zero-order valence-corrected chi connectivity index (χ0v) is 24.5. The van der Waals surface area contributed by atoms with Crippen LogP contribution < -0.4 is 15.0 Å². The summed E-state index contributed by atoms with van der Waals surface area (Å²) in [5, 5.41) is 14.2. The lowest BCUT2D eigenvalue weighted by molar-refractivity contribution is -0.118. The Kier molecular flexibility index (Phi) is 7.41. The number of allylic oxidation sites excluding steroid dienone is 1. The SMILES string of the molecule is Cc1cccc(C(=O)N2c3cccc(O)c3NC3=C(C(=O)CC(C)(C)C3)C2c2ccc(OCc3ccccc3F)cc2F)n1. The maximum absolute atomic E-state index is 16.3. The molecule has 7 nitrogen and oxygen atoms in total. The number of hydrogen-bond acceptors (Lipinski definition) is 6. The smallest absolute Gasteiger partial charge is 0.277 e. The maximum atomic E-state index is 16.3. The molecule has 0 saturated carbocycles. The Morgan fingerprint density at radius 1 is 1.02 bits per heavy atom. The number of para-hydroxylation sites is 1. The van der Waals surface area contributed by atoms with Crippen LogP contribution in [0.25, 0.3) is 0 Å². The lowest BCUT2D eigenvalue weighted by Crippen LogP contribution is -2.40. The first kappa shape index (κ1) is 29.0. The topological polar surface area (TPSA) is 91.8 Å². The van der Waals surface area contributed by atoms with E-state index in [-0.39, 0.29) is 58.5 Å². The van der Waals surface area contributed by atoms with Gasteiger partial charge in [0.1, 0.15) is 41.1 Å². The first-order chi connectivity index (χ1) is 21.0. The van der Waals surface area contributed by atoms with Crippen molar-refractivity contribution in [3.05, 3.63) is 124 Å². The summed E-state index contributed by atoms with van der Waals surface area (Å²) in [6, 6.07) is 18.9. The van der Waals surface area contributed by atoms with Gasteiger partial charge in [-0.3, -0.25) is 14.5 Å². The van der Waals surface area contributed by atoms with Gasteiger partial charge in [0.05, 0.1) is 11.7 Å². The number of nitrogens with one attached hydrogen (secondary N) is 1. The van der Waals surface area contributed by atoms with Gasteiger partial charge in [0.25, 0.3) is 5.91 Å². The van der Waals surface area contributed by atoms with Crippen LogP contribution in [0.15, 0.2) is 90.1 Å². The third kappa shape index (κ3) is 5.41. The molecule has 2 N–H and O–H groups in total. The highest BCUT2D eigenvalue weighted by atomic mass is 19.1. The van der Waals surface area contributed by atoms with E-state index in [0.29, 0.717) is 23.4 Å². The second-order valence-corrected chi connectivity index (χ2v) is 11.9. The number of phenolic OH excluding ortho intramolecular Hbond substituents is 1. The van der Waals surface area contributed by atoms with E-state index < -0.39 is 29.0 Å². The summed E-state index contributed by atoms with van der Waals surface area (Å²) in [5.41, 5.74) is 1.90. The molecular formula is C35H31F2N3O4. The Morgan fingerprint density at radius 3 is 2.55 bits per heavy atom. The minimum absolute atomic E-state index is 0.0581. The van der Waals surface area contributed by atoms with Crippen LogP contribution in [0, 0.1) is 24.0 Å². The first-order valence-corrected chi connectivity index (χ1v) is 14.3. The summed E-state index contributed by atoms with van der Waals surface area (Å²) < 4.78 is 36.1. The molecule has 0 bridgehead atoms. The summed E-state index contributed by atoms with van der Waals surface area (Å²) in [7, 11) is 0. The quantitative estimate of drug-likeness (QED) is 0.234. The number of pyridine rings is 1. The average Bonchev–Trinajstić information content (AvgIpc) is 3.11. The Morgan fingerprint density at radius 2 is 1.80 bits per heavy atom. The molecule has 44 heavy (non-hydrogen) atoms. The number of amides is 1. The fourth-order valence-electron chi connectivity index (χ4n) is 5.94. The minimum Gasteiger partial charge on any atom is -0.506 e. The number of rotatable bonds is 5. The summed E-state index contributed by atoms with van der Waals surface area (Å²) >= 11 is 0. The van der Waals surface area contributed by atoms with Gasteiger partial charge in [-0.05, 0) is 61.2 Å². The Hall–Kier alpha value is -5.05. The molecule has 0 fully saturated rings. The number of Topliss-reactive ketones (excluding diaryl/α,β-unsaturated/α-hetero) is 1. The van der Waals surface area contributed by atoms with Gasteiger partial charge < -0.3 is 15.2 Å². The summed E-state index contributed by atoms with van der Waals surface area (Å²) in [6.45, 7) is 5.57. The number of aromatic hydroxyl groups is 1. The molecule has 9 heteroatoms. The van der Waals surface area contributed by atoms with Crippen molar-refractivity contribution in [1.82, 2.24) is 4.98 Å². The van der Waals surface area contributed by atoms with Crippen molar-refractivity contribution in [1.29, 1.82) is 0 Å². The van der Waals surface area contributed by atoms with E-state index in [1.807, 2.05) is 13.8 Å². The summed E-state index contributed by atoms with van der Waals surface area (Å²) in [4.78, 5) is 34.1. The molecule has 3 aromatic carbocycles. The van der Waals surface area contributed by atoms with E-state index in [4.69, 9.17) is 4.74 Å². The molecule has 1 unspecified atom stereocenters. The number of carbonyl (C=O) groups excluding carboxylic acids is 2. The molecule has 2 heterocycles. The molecule has 0 radical (unpaired) electrons. The number of benzene rings is 3. The van der Waals surface area contributed by atoms with Crippen LogP contribution in [0.1, 0.15) is 60.0 Å². The standard InChI is InChI=1S/C35H31F2N3O4/c1-20-8-6-11-26(38-20)34(43)40-28-12-7-13-29(41)32(28)39-27-17-35(2,3)18-30(42)31(27)33(40)23-15-14-22(16-25(23)37)44-19-21-9-4-5-10-24(21)36/h4-16,33,39,41H,17-19H2,1-3H3. The number of ether oxygens (including phenoxy) is 1. The molecule has 1 aliphatic heterocycles. The average molecular weight is 596 g/mol. The van der Waals surface area contributed by atoms with Crippen LogP contribution in [0.2, 0.25) is 0 Å². The van der Waals surface area contributed by atoms with E-state index in [9.17, 15) is 19.1 Å². The third-order valence-corrected chi connectivity index (χ3v) is 7.95. The van der Waals surface area contributed by atoms with Crippen LogP contribution in [-0.4, -0.2) is 21.8 Å². The van der Waals surface area contributed by atoms with E-state index in [1.165, 1.54) is 35.2 Å². The predicted octanol–water partition coefficient (Wildman–Crippen LogP) is 7.41. The van der Waals surface area contributed by atoms with Gasteiger partial charge in [-0.15, -0.1) is 0 Å². The molecule has 4 aromatic rings. The van der Waals surface area contributed by atoms with Crippen LogP contribution in [0.4, 0.5) is 20.2 Å². The van der Waals surface area contributed by atoms with Crippen molar-refractivity contribution < 1.29 is 28.2 Å². The zero-order valence-electron chi connectivity index (χ0n) is 24.5. The molecule has 224 valence electrons. The van der Waals surface area contributed by atoms with Gasteiger partial charge in [-0.25, -0.2) is 13.8 Å². The van der Waals surface area contributed by atoms with E-state index >= 15 is 4.39 Å². The number of fused-ring (bicyclic) bond motifs is 1. The summed E-state index contributed by atoms with van der Waals surface area (Å²) in [6.07, 6.45) is 0.608. The van der Waals surface area contributed by atoms with E-state index in [0.717, 1.165) is 0 Å².